The molecule has 1 aliphatic carbocycles. The highest BCUT2D eigenvalue weighted by atomic mass is 15.0. The second kappa shape index (κ2) is 5.33. The number of hydrogen-bond acceptors (Lipinski definition) is 2. The molecule has 0 saturated heterocycles. The van der Waals surface area contributed by atoms with Gasteiger partial charge in [-0.25, -0.2) is 0 Å². The van der Waals surface area contributed by atoms with Crippen LogP contribution in [0.3, 0.4) is 0 Å². The molecule has 2 nitrogen and oxygen atoms in total. The van der Waals surface area contributed by atoms with E-state index in [0.29, 0.717) is 6.04 Å². The van der Waals surface area contributed by atoms with Gasteiger partial charge < -0.3 is 0 Å². The summed E-state index contributed by atoms with van der Waals surface area (Å²) in [4.78, 5) is 0. The monoisotopic (exact) mass is 228 g/mol. The van der Waals surface area contributed by atoms with Gasteiger partial charge in [0.1, 0.15) is 6.04 Å². The van der Waals surface area contributed by atoms with Crippen molar-refractivity contribution in [2.24, 2.45) is 0 Å². The van der Waals surface area contributed by atoms with Crippen molar-refractivity contribution < 1.29 is 0 Å². The van der Waals surface area contributed by atoms with E-state index in [2.05, 4.69) is 43.4 Å². The molecule has 0 aromatic heterocycles. The fraction of sp³-hybridized carbons (Fsp3) is 0.533. The van der Waals surface area contributed by atoms with Crippen LogP contribution in [-0.2, 0) is 0 Å². The van der Waals surface area contributed by atoms with Crippen molar-refractivity contribution in [2.45, 2.75) is 51.6 Å². The van der Waals surface area contributed by atoms with Crippen LogP contribution >= 0.6 is 0 Å². The van der Waals surface area contributed by atoms with Crippen LogP contribution in [0.5, 0.6) is 0 Å². The lowest BCUT2D eigenvalue weighted by molar-refractivity contribution is 0.490. The molecule has 0 bridgehead atoms. The third kappa shape index (κ3) is 2.68. The van der Waals surface area contributed by atoms with Gasteiger partial charge in [-0.15, -0.1) is 0 Å². The molecule has 2 heteroatoms. The minimum absolute atomic E-state index is 0.153. The zero-order chi connectivity index (χ0) is 12.3. The van der Waals surface area contributed by atoms with E-state index in [1.54, 1.807) is 0 Å². The van der Waals surface area contributed by atoms with E-state index < -0.39 is 0 Å². The topological polar surface area (TPSA) is 35.8 Å². The maximum Gasteiger partial charge on any atom is 0.122 e. The Hall–Kier alpha value is -1.33. The fourth-order valence-electron chi connectivity index (χ4n) is 2.80. The summed E-state index contributed by atoms with van der Waals surface area (Å²) in [6, 6.07) is 9.02. The Balaban J connectivity index is 2.20. The predicted octanol–water partition coefficient (Wildman–Crippen LogP) is 3.40. The molecule has 1 N–H and O–H groups in total. The average Bonchev–Trinajstić information content (AvgIpc) is 2.80. The Morgan fingerprint density at radius 2 is 1.82 bits per heavy atom. The number of rotatable bonds is 3. The summed E-state index contributed by atoms with van der Waals surface area (Å²) in [5.74, 6) is 0. The summed E-state index contributed by atoms with van der Waals surface area (Å²) in [6.45, 7) is 4.17. The molecule has 0 aliphatic heterocycles. The van der Waals surface area contributed by atoms with Gasteiger partial charge in [0.15, 0.2) is 0 Å². The molecule has 2 rings (SSSR count). The van der Waals surface area contributed by atoms with E-state index in [4.69, 9.17) is 0 Å². The second-order valence-electron chi connectivity index (χ2n) is 5.02. The minimum Gasteiger partial charge on any atom is -0.295 e. The lowest BCUT2D eigenvalue weighted by Gasteiger charge is -2.20. The molecule has 0 radical (unpaired) electrons. The lowest BCUT2D eigenvalue weighted by atomic mass is 9.96. The quantitative estimate of drug-likeness (QED) is 0.860. The van der Waals surface area contributed by atoms with Crippen molar-refractivity contribution >= 4 is 0 Å². The Bertz CT molecular complexity index is 405. The standard InChI is InChI=1S/C15H20N2/c1-11-6-5-7-12(2)15(11)14(10-16)17-13-8-3-4-9-13/h5-7,13-14,17H,3-4,8-9H2,1-2H3. The Kier molecular flexibility index (Phi) is 3.81. The molecular formula is C15H20N2. The van der Waals surface area contributed by atoms with Crippen LogP contribution in [0.1, 0.15) is 48.4 Å². The molecule has 1 atom stereocenters. The molecule has 1 aromatic rings. The summed E-state index contributed by atoms with van der Waals surface area (Å²) >= 11 is 0. The van der Waals surface area contributed by atoms with Crippen molar-refractivity contribution in [2.75, 3.05) is 0 Å². The highest BCUT2D eigenvalue weighted by Gasteiger charge is 2.21. The Morgan fingerprint density at radius 1 is 1.24 bits per heavy atom. The molecule has 1 aliphatic rings. The first-order valence-corrected chi connectivity index (χ1v) is 6.44. The predicted molar refractivity (Wildman–Crippen MR) is 69.7 cm³/mol. The maximum absolute atomic E-state index is 9.38. The smallest absolute Gasteiger partial charge is 0.122 e. The zero-order valence-corrected chi connectivity index (χ0v) is 10.7. The van der Waals surface area contributed by atoms with Crippen LogP contribution in [0.25, 0.3) is 0 Å². The van der Waals surface area contributed by atoms with E-state index in [9.17, 15) is 5.26 Å². The number of benzene rings is 1. The molecule has 90 valence electrons. The summed E-state index contributed by atoms with van der Waals surface area (Å²) in [5, 5.41) is 12.9. The van der Waals surface area contributed by atoms with Crippen molar-refractivity contribution in [3.63, 3.8) is 0 Å². The first kappa shape index (κ1) is 12.1. The third-order valence-electron chi connectivity index (χ3n) is 3.72. The van der Waals surface area contributed by atoms with E-state index >= 15 is 0 Å². The largest absolute Gasteiger partial charge is 0.295 e. The second-order valence-corrected chi connectivity index (χ2v) is 5.02. The fourth-order valence-corrected chi connectivity index (χ4v) is 2.80. The van der Waals surface area contributed by atoms with Gasteiger partial charge in [-0.2, -0.15) is 5.26 Å². The van der Waals surface area contributed by atoms with Crippen molar-refractivity contribution in [1.82, 2.24) is 5.32 Å². The summed E-state index contributed by atoms with van der Waals surface area (Å²) in [5.41, 5.74) is 3.59. The van der Waals surface area contributed by atoms with Gasteiger partial charge in [0, 0.05) is 6.04 Å². The van der Waals surface area contributed by atoms with Crippen LogP contribution in [0.2, 0.25) is 0 Å². The third-order valence-corrected chi connectivity index (χ3v) is 3.72. The van der Waals surface area contributed by atoms with Gasteiger partial charge in [0.05, 0.1) is 6.07 Å². The van der Waals surface area contributed by atoms with Crippen molar-refractivity contribution in [3.8, 4) is 6.07 Å². The van der Waals surface area contributed by atoms with Gasteiger partial charge in [0.25, 0.3) is 0 Å². The van der Waals surface area contributed by atoms with Gasteiger partial charge in [0.2, 0.25) is 0 Å². The van der Waals surface area contributed by atoms with E-state index in [1.807, 2.05) is 0 Å². The van der Waals surface area contributed by atoms with Crippen molar-refractivity contribution in [3.05, 3.63) is 34.9 Å². The number of hydrogen-bond donors (Lipinski definition) is 1. The van der Waals surface area contributed by atoms with E-state index in [-0.39, 0.29) is 6.04 Å². The Morgan fingerprint density at radius 3 is 2.35 bits per heavy atom. The first-order valence-electron chi connectivity index (χ1n) is 6.44. The molecule has 1 unspecified atom stereocenters. The summed E-state index contributed by atoms with van der Waals surface area (Å²) < 4.78 is 0. The number of nitrogens with one attached hydrogen (secondary N) is 1. The Labute approximate surface area is 104 Å². The molecule has 1 aromatic carbocycles. The van der Waals surface area contributed by atoms with Gasteiger partial charge in [-0.1, -0.05) is 31.0 Å². The van der Waals surface area contributed by atoms with Crippen LogP contribution in [0, 0.1) is 25.2 Å². The molecule has 0 amide bonds. The van der Waals surface area contributed by atoms with Gasteiger partial charge in [-0.3, -0.25) is 5.32 Å². The lowest BCUT2D eigenvalue weighted by Crippen LogP contribution is -2.30. The SMILES string of the molecule is Cc1cccc(C)c1C(C#N)NC1CCCC1. The van der Waals surface area contributed by atoms with Crippen LogP contribution < -0.4 is 5.32 Å². The number of nitrogens with zero attached hydrogens (tertiary/aromatic N) is 1. The van der Waals surface area contributed by atoms with Crippen LogP contribution in [-0.4, -0.2) is 6.04 Å². The van der Waals surface area contributed by atoms with E-state index in [0.717, 1.165) is 0 Å². The molecule has 1 fully saturated rings. The zero-order valence-electron chi connectivity index (χ0n) is 10.7. The van der Waals surface area contributed by atoms with Crippen LogP contribution in [0.15, 0.2) is 18.2 Å². The molecule has 17 heavy (non-hydrogen) atoms. The van der Waals surface area contributed by atoms with Crippen LogP contribution in [0.4, 0.5) is 0 Å². The van der Waals surface area contributed by atoms with Gasteiger partial charge >= 0.3 is 0 Å². The first-order chi connectivity index (χ1) is 8.22. The summed E-state index contributed by atoms with van der Waals surface area (Å²) in [7, 11) is 0. The molecule has 0 heterocycles. The summed E-state index contributed by atoms with van der Waals surface area (Å²) in [6.07, 6.45) is 5.01. The minimum atomic E-state index is -0.153. The molecular weight excluding hydrogens is 208 g/mol. The average molecular weight is 228 g/mol. The number of nitriles is 1. The molecule has 1 saturated carbocycles. The highest BCUT2D eigenvalue weighted by molar-refractivity contribution is 5.39. The highest BCUT2D eigenvalue weighted by Crippen LogP contribution is 2.25. The molecule has 0 spiro atoms. The normalized spacial score (nSPS) is 17.9. The van der Waals surface area contributed by atoms with Crippen molar-refractivity contribution in [1.29, 1.82) is 5.26 Å². The maximum atomic E-state index is 9.38. The van der Waals surface area contributed by atoms with Gasteiger partial charge in [-0.05, 0) is 43.4 Å². The number of aryl methyl sites for hydroxylation is 2. The van der Waals surface area contributed by atoms with E-state index in [1.165, 1.54) is 42.4 Å².